The van der Waals surface area contributed by atoms with Crippen LogP contribution in [0.3, 0.4) is 0 Å². The minimum absolute atomic E-state index is 0.864. The molecule has 0 radical (unpaired) electrons. The summed E-state index contributed by atoms with van der Waals surface area (Å²) in [5, 5.41) is 1.22. The van der Waals surface area contributed by atoms with Crippen LogP contribution in [0.1, 0.15) is 5.69 Å². The smallest absolute Gasteiger partial charge is 0.120 e. The highest BCUT2D eigenvalue weighted by Crippen LogP contribution is 2.36. The SMILES string of the molecule is COc1ccc(-c2c(CN3CCN(c4ccccc4)CC3)[nH]c3cc(OC)ccc23)cc1. The fourth-order valence-corrected chi connectivity index (χ4v) is 4.59. The Kier molecular flexibility index (Phi) is 5.73. The molecule has 5 heteroatoms. The predicted octanol–water partition coefficient (Wildman–Crippen LogP) is 5.17. The van der Waals surface area contributed by atoms with Crippen molar-refractivity contribution in [2.75, 3.05) is 45.3 Å². The van der Waals surface area contributed by atoms with Gasteiger partial charge in [0.05, 0.1) is 14.2 Å². The van der Waals surface area contributed by atoms with Gasteiger partial charge >= 0.3 is 0 Å². The second kappa shape index (κ2) is 8.97. The maximum atomic E-state index is 5.46. The second-order valence-corrected chi connectivity index (χ2v) is 8.22. The molecule has 0 bridgehead atoms. The van der Waals surface area contributed by atoms with E-state index < -0.39 is 0 Å². The number of hydrogen-bond donors (Lipinski definition) is 1. The summed E-state index contributed by atoms with van der Waals surface area (Å²) in [4.78, 5) is 8.69. The van der Waals surface area contributed by atoms with E-state index in [4.69, 9.17) is 9.47 Å². The second-order valence-electron chi connectivity index (χ2n) is 8.22. The highest BCUT2D eigenvalue weighted by molar-refractivity contribution is 5.98. The highest BCUT2D eigenvalue weighted by atomic mass is 16.5. The van der Waals surface area contributed by atoms with Crippen LogP contribution in [-0.4, -0.2) is 50.3 Å². The molecule has 0 atom stereocenters. The van der Waals surface area contributed by atoms with Crippen molar-refractivity contribution in [3.05, 3.63) is 78.5 Å². The van der Waals surface area contributed by atoms with Gasteiger partial charge in [-0.3, -0.25) is 4.90 Å². The molecule has 1 saturated heterocycles. The van der Waals surface area contributed by atoms with E-state index in [0.29, 0.717) is 0 Å². The van der Waals surface area contributed by atoms with Gasteiger partial charge in [-0.15, -0.1) is 0 Å². The number of nitrogens with one attached hydrogen (secondary N) is 1. The number of nitrogens with zero attached hydrogens (tertiary/aromatic N) is 2. The number of hydrogen-bond acceptors (Lipinski definition) is 4. The molecule has 2 heterocycles. The summed E-state index contributed by atoms with van der Waals surface area (Å²) >= 11 is 0. The third-order valence-electron chi connectivity index (χ3n) is 6.34. The van der Waals surface area contributed by atoms with E-state index in [1.165, 1.54) is 27.9 Å². The Labute approximate surface area is 189 Å². The molecule has 5 rings (SSSR count). The highest BCUT2D eigenvalue weighted by Gasteiger charge is 2.21. The summed E-state index contributed by atoms with van der Waals surface area (Å²) in [5.41, 5.74) is 6.11. The Morgan fingerprint density at radius 2 is 1.47 bits per heavy atom. The van der Waals surface area contributed by atoms with Gasteiger partial charge in [0.25, 0.3) is 0 Å². The molecule has 164 valence electrons. The van der Waals surface area contributed by atoms with Crippen molar-refractivity contribution in [1.82, 2.24) is 9.88 Å². The van der Waals surface area contributed by atoms with E-state index in [1.807, 2.05) is 18.2 Å². The van der Waals surface area contributed by atoms with Crippen LogP contribution in [0.2, 0.25) is 0 Å². The third kappa shape index (κ3) is 4.04. The number of fused-ring (bicyclic) bond motifs is 1. The quantitative estimate of drug-likeness (QED) is 0.461. The lowest BCUT2D eigenvalue weighted by atomic mass is 10.0. The zero-order chi connectivity index (χ0) is 21.9. The number of benzene rings is 3. The monoisotopic (exact) mass is 427 g/mol. The van der Waals surface area contributed by atoms with Crippen LogP contribution in [0.15, 0.2) is 72.8 Å². The van der Waals surface area contributed by atoms with E-state index in [2.05, 4.69) is 69.4 Å². The molecule has 1 fully saturated rings. The van der Waals surface area contributed by atoms with Crippen molar-refractivity contribution in [2.45, 2.75) is 6.54 Å². The lowest BCUT2D eigenvalue weighted by Gasteiger charge is -2.36. The summed E-state index contributed by atoms with van der Waals surface area (Å²) in [6, 6.07) is 25.3. The Morgan fingerprint density at radius 1 is 0.781 bits per heavy atom. The number of piperazine rings is 1. The number of ether oxygens (including phenoxy) is 2. The van der Waals surface area contributed by atoms with Gasteiger partial charge in [-0.1, -0.05) is 30.3 Å². The Morgan fingerprint density at radius 3 is 2.16 bits per heavy atom. The van der Waals surface area contributed by atoms with Crippen molar-refractivity contribution in [2.24, 2.45) is 0 Å². The summed E-state index contributed by atoms with van der Waals surface area (Å²) in [6.45, 7) is 5.04. The van der Waals surface area contributed by atoms with Crippen LogP contribution >= 0.6 is 0 Å². The van der Waals surface area contributed by atoms with Gasteiger partial charge in [0, 0.05) is 66.6 Å². The molecular formula is C27H29N3O2. The molecule has 5 nitrogen and oxygen atoms in total. The molecule has 32 heavy (non-hydrogen) atoms. The van der Waals surface area contributed by atoms with E-state index in [1.54, 1.807) is 14.2 Å². The Hall–Kier alpha value is -3.44. The van der Waals surface area contributed by atoms with Crippen LogP contribution in [0.25, 0.3) is 22.0 Å². The molecular weight excluding hydrogens is 398 g/mol. The van der Waals surface area contributed by atoms with Gasteiger partial charge in [0.15, 0.2) is 0 Å². The Bertz CT molecular complexity index is 1180. The number of aromatic amines is 1. The minimum Gasteiger partial charge on any atom is -0.497 e. The molecule has 3 aromatic carbocycles. The van der Waals surface area contributed by atoms with E-state index in [0.717, 1.165) is 49.7 Å². The van der Waals surface area contributed by atoms with Crippen LogP contribution in [0.4, 0.5) is 5.69 Å². The van der Waals surface area contributed by atoms with Gasteiger partial charge in [-0.2, -0.15) is 0 Å². The average molecular weight is 428 g/mol. The first-order chi connectivity index (χ1) is 15.7. The molecule has 0 amide bonds. The van der Waals surface area contributed by atoms with Crippen LogP contribution in [-0.2, 0) is 6.54 Å². The van der Waals surface area contributed by atoms with Gasteiger partial charge in [-0.25, -0.2) is 0 Å². The average Bonchev–Trinajstić information content (AvgIpc) is 3.22. The first-order valence-corrected chi connectivity index (χ1v) is 11.1. The molecule has 0 unspecified atom stereocenters. The molecule has 1 aliphatic rings. The topological polar surface area (TPSA) is 40.7 Å². The van der Waals surface area contributed by atoms with Crippen LogP contribution in [0, 0.1) is 0 Å². The lowest BCUT2D eigenvalue weighted by molar-refractivity contribution is 0.248. The van der Waals surface area contributed by atoms with Crippen molar-refractivity contribution in [1.29, 1.82) is 0 Å². The summed E-state index contributed by atoms with van der Waals surface area (Å²) in [6.07, 6.45) is 0. The number of aromatic nitrogens is 1. The third-order valence-corrected chi connectivity index (χ3v) is 6.34. The van der Waals surface area contributed by atoms with Crippen LogP contribution < -0.4 is 14.4 Å². The van der Waals surface area contributed by atoms with Crippen molar-refractivity contribution in [3.8, 4) is 22.6 Å². The summed E-state index contributed by atoms with van der Waals surface area (Å²) in [5.74, 6) is 1.73. The fourth-order valence-electron chi connectivity index (χ4n) is 4.59. The van der Waals surface area contributed by atoms with Crippen molar-refractivity contribution >= 4 is 16.6 Å². The van der Waals surface area contributed by atoms with E-state index in [-0.39, 0.29) is 0 Å². The molecule has 0 spiro atoms. The zero-order valence-electron chi connectivity index (χ0n) is 18.7. The molecule has 1 aliphatic heterocycles. The maximum absolute atomic E-state index is 5.46. The molecule has 1 aromatic heterocycles. The molecule has 4 aromatic rings. The Balaban J connectivity index is 1.42. The number of methoxy groups -OCH3 is 2. The zero-order valence-corrected chi connectivity index (χ0v) is 18.7. The predicted molar refractivity (Wildman–Crippen MR) is 131 cm³/mol. The normalized spacial score (nSPS) is 14.6. The minimum atomic E-state index is 0.864. The largest absolute Gasteiger partial charge is 0.497 e. The number of para-hydroxylation sites is 1. The van der Waals surface area contributed by atoms with E-state index in [9.17, 15) is 0 Å². The molecule has 0 aliphatic carbocycles. The number of H-pyrrole nitrogens is 1. The molecule has 1 N–H and O–H groups in total. The van der Waals surface area contributed by atoms with Gasteiger partial charge < -0.3 is 19.4 Å². The summed E-state index contributed by atoms with van der Waals surface area (Å²) < 4.78 is 10.8. The number of rotatable bonds is 6. The molecule has 0 saturated carbocycles. The van der Waals surface area contributed by atoms with Crippen LogP contribution in [0.5, 0.6) is 11.5 Å². The first-order valence-electron chi connectivity index (χ1n) is 11.1. The van der Waals surface area contributed by atoms with Gasteiger partial charge in [0.2, 0.25) is 0 Å². The summed E-state index contributed by atoms with van der Waals surface area (Å²) in [7, 11) is 3.41. The van der Waals surface area contributed by atoms with Gasteiger partial charge in [-0.05, 0) is 42.0 Å². The first kappa shape index (κ1) is 20.5. The van der Waals surface area contributed by atoms with E-state index >= 15 is 0 Å². The standard InChI is InChI=1S/C27H29N3O2/c1-31-22-10-8-20(9-11-22)27-24-13-12-23(32-2)18-25(24)28-26(27)19-29-14-16-30(17-15-29)21-6-4-3-5-7-21/h3-13,18,28H,14-17,19H2,1-2H3. The van der Waals surface area contributed by atoms with Gasteiger partial charge in [0.1, 0.15) is 11.5 Å². The number of anilines is 1. The lowest BCUT2D eigenvalue weighted by Crippen LogP contribution is -2.46. The maximum Gasteiger partial charge on any atom is 0.120 e. The van der Waals surface area contributed by atoms with Crippen molar-refractivity contribution < 1.29 is 9.47 Å². The fraction of sp³-hybridized carbons (Fsp3) is 0.259. The van der Waals surface area contributed by atoms with Crippen molar-refractivity contribution in [3.63, 3.8) is 0 Å².